The number of carbonyl (C=O) groups excluding carboxylic acids is 2. The summed E-state index contributed by atoms with van der Waals surface area (Å²) in [6.07, 6.45) is -2.65. The SMILES string of the molecule is CC(C)(C)OC(=O)N[C@@H](CCSCCC(O)(C1CCCCC1)C(F)(F)F)C(=O)OC(C)(C)C. The van der Waals surface area contributed by atoms with Crippen LogP contribution in [0.3, 0.4) is 0 Å². The first-order valence-electron chi connectivity index (χ1n) is 11.5. The zero-order valence-corrected chi connectivity index (χ0v) is 21.5. The first kappa shape index (κ1) is 29.9. The van der Waals surface area contributed by atoms with Gasteiger partial charge in [0.1, 0.15) is 17.2 Å². The molecule has 1 aliphatic carbocycles. The zero-order valence-electron chi connectivity index (χ0n) is 20.6. The van der Waals surface area contributed by atoms with Crippen molar-refractivity contribution in [2.24, 2.45) is 5.92 Å². The zero-order chi connectivity index (χ0) is 25.5. The molecule has 0 aromatic rings. The highest BCUT2D eigenvalue weighted by Crippen LogP contribution is 2.45. The van der Waals surface area contributed by atoms with Crippen molar-refractivity contribution in [3.8, 4) is 0 Å². The van der Waals surface area contributed by atoms with E-state index in [1.807, 2.05) is 0 Å². The van der Waals surface area contributed by atoms with E-state index in [0.717, 1.165) is 6.42 Å². The van der Waals surface area contributed by atoms with Crippen molar-refractivity contribution in [1.29, 1.82) is 0 Å². The summed E-state index contributed by atoms with van der Waals surface area (Å²) in [5.74, 6) is -1.03. The van der Waals surface area contributed by atoms with Gasteiger partial charge in [-0.15, -0.1) is 0 Å². The average Bonchev–Trinajstić information content (AvgIpc) is 2.63. The van der Waals surface area contributed by atoms with E-state index in [2.05, 4.69) is 5.32 Å². The fraction of sp³-hybridized carbons (Fsp3) is 0.913. The third kappa shape index (κ3) is 10.8. The fourth-order valence-electron chi connectivity index (χ4n) is 3.76. The molecule has 1 rings (SSSR count). The maximum Gasteiger partial charge on any atom is 0.417 e. The molecular formula is C23H40F3NO5S. The van der Waals surface area contributed by atoms with Crippen LogP contribution in [0.25, 0.3) is 0 Å². The Labute approximate surface area is 199 Å². The molecule has 2 atom stereocenters. The Morgan fingerprint density at radius 2 is 1.52 bits per heavy atom. The van der Waals surface area contributed by atoms with Crippen LogP contribution in [-0.4, -0.2) is 57.7 Å². The molecule has 0 saturated heterocycles. The van der Waals surface area contributed by atoms with Crippen molar-refractivity contribution in [3.63, 3.8) is 0 Å². The Morgan fingerprint density at radius 3 is 2.00 bits per heavy atom. The van der Waals surface area contributed by atoms with Gasteiger partial charge in [0.2, 0.25) is 0 Å². The largest absolute Gasteiger partial charge is 0.458 e. The smallest absolute Gasteiger partial charge is 0.417 e. The van der Waals surface area contributed by atoms with Gasteiger partial charge in [0, 0.05) is 0 Å². The molecule has 0 spiro atoms. The average molecular weight is 500 g/mol. The lowest BCUT2D eigenvalue weighted by molar-refractivity contribution is -0.283. The number of amides is 1. The van der Waals surface area contributed by atoms with Crippen LogP contribution in [0.5, 0.6) is 0 Å². The minimum Gasteiger partial charge on any atom is -0.458 e. The van der Waals surface area contributed by atoms with E-state index in [1.54, 1.807) is 41.5 Å². The van der Waals surface area contributed by atoms with Crippen LogP contribution >= 0.6 is 11.8 Å². The number of esters is 1. The number of alkyl halides is 3. The number of hydrogen-bond donors (Lipinski definition) is 2. The molecule has 10 heteroatoms. The molecule has 1 aliphatic rings. The molecule has 33 heavy (non-hydrogen) atoms. The van der Waals surface area contributed by atoms with Crippen LogP contribution in [-0.2, 0) is 14.3 Å². The summed E-state index contributed by atoms with van der Waals surface area (Å²) >= 11 is 1.20. The summed E-state index contributed by atoms with van der Waals surface area (Å²) in [5, 5.41) is 13.0. The molecule has 0 aliphatic heterocycles. The van der Waals surface area contributed by atoms with Crippen molar-refractivity contribution in [2.75, 3.05) is 11.5 Å². The Balaban J connectivity index is 2.68. The fourth-order valence-corrected chi connectivity index (χ4v) is 4.82. The molecule has 0 aromatic carbocycles. The second-order valence-electron chi connectivity index (χ2n) is 10.6. The number of carbonyl (C=O) groups is 2. The highest BCUT2D eigenvalue weighted by Gasteiger charge is 2.57. The summed E-state index contributed by atoms with van der Waals surface area (Å²) < 4.78 is 51.6. The van der Waals surface area contributed by atoms with Crippen molar-refractivity contribution in [2.45, 2.75) is 116 Å². The lowest BCUT2D eigenvalue weighted by atomic mass is 9.75. The van der Waals surface area contributed by atoms with Crippen LogP contribution < -0.4 is 5.32 Å². The first-order valence-corrected chi connectivity index (χ1v) is 12.7. The number of alkyl carbamates (subject to hydrolysis) is 1. The lowest BCUT2D eigenvalue weighted by Crippen LogP contribution is -2.52. The summed E-state index contributed by atoms with van der Waals surface area (Å²) in [6.45, 7) is 10.2. The molecule has 1 fully saturated rings. The molecule has 1 saturated carbocycles. The summed E-state index contributed by atoms with van der Waals surface area (Å²) in [4.78, 5) is 24.7. The molecule has 6 nitrogen and oxygen atoms in total. The van der Waals surface area contributed by atoms with Crippen molar-refractivity contribution in [3.05, 3.63) is 0 Å². The molecule has 0 heterocycles. The van der Waals surface area contributed by atoms with Gasteiger partial charge in [-0.2, -0.15) is 24.9 Å². The maximum absolute atomic E-state index is 13.7. The summed E-state index contributed by atoms with van der Waals surface area (Å²) in [6, 6.07) is -0.994. The van der Waals surface area contributed by atoms with Crippen LogP contribution in [0.1, 0.15) is 86.5 Å². The lowest BCUT2D eigenvalue weighted by Gasteiger charge is -2.39. The molecule has 2 N–H and O–H groups in total. The standard InChI is InChI=1S/C23H40F3NO5S/c1-20(2,3)31-18(28)17(27-19(29)32-21(4,5)6)12-14-33-15-13-22(30,23(24,25)26)16-10-8-7-9-11-16/h16-17,30H,7-15H2,1-6H3,(H,27,29)/t17-,22?/m0/s1. The van der Waals surface area contributed by atoms with Gasteiger partial charge in [-0.25, -0.2) is 9.59 Å². The normalized spacial score (nSPS) is 18.8. The number of nitrogens with one attached hydrogen (secondary N) is 1. The number of halogens is 3. The van der Waals surface area contributed by atoms with E-state index < -0.39 is 53.4 Å². The van der Waals surface area contributed by atoms with Gasteiger partial charge in [0.25, 0.3) is 0 Å². The Morgan fingerprint density at radius 1 is 0.970 bits per heavy atom. The molecule has 0 radical (unpaired) electrons. The van der Waals surface area contributed by atoms with E-state index >= 15 is 0 Å². The van der Waals surface area contributed by atoms with Gasteiger partial charge in [-0.1, -0.05) is 19.3 Å². The van der Waals surface area contributed by atoms with E-state index in [4.69, 9.17) is 9.47 Å². The topological polar surface area (TPSA) is 84.9 Å². The predicted octanol–water partition coefficient (Wildman–Crippen LogP) is 5.61. The van der Waals surface area contributed by atoms with E-state index in [9.17, 15) is 27.9 Å². The number of ether oxygens (including phenoxy) is 2. The highest BCUT2D eigenvalue weighted by atomic mass is 32.2. The monoisotopic (exact) mass is 499 g/mol. The van der Waals surface area contributed by atoms with Crippen molar-refractivity contribution >= 4 is 23.8 Å². The molecular weight excluding hydrogens is 459 g/mol. The third-order valence-electron chi connectivity index (χ3n) is 5.33. The Bertz CT molecular complexity index is 639. The predicted molar refractivity (Wildman–Crippen MR) is 123 cm³/mol. The summed E-state index contributed by atoms with van der Waals surface area (Å²) in [5.41, 5.74) is -4.21. The second kappa shape index (κ2) is 12.0. The minimum absolute atomic E-state index is 0.0833. The Hall–Kier alpha value is -1.16. The van der Waals surface area contributed by atoms with Crippen LogP contribution in [0, 0.1) is 5.92 Å². The van der Waals surface area contributed by atoms with E-state index in [-0.39, 0.29) is 12.2 Å². The van der Waals surface area contributed by atoms with Crippen molar-refractivity contribution < 1.29 is 37.3 Å². The van der Waals surface area contributed by atoms with Gasteiger partial charge in [-0.05, 0) is 84.6 Å². The second-order valence-corrected chi connectivity index (χ2v) is 11.9. The van der Waals surface area contributed by atoms with Gasteiger partial charge in [0.05, 0.1) is 0 Å². The van der Waals surface area contributed by atoms with E-state index in [0.29, 0.717) is 31.4 Å². The van der Waals surface area contributed by atoms with Crippen LogP contribution in [0.2, 0.25) is 0 Å². The van der Waals surface area contributed by atoms with Crippen molar-refractivity contribution in [1.82, 2.24) is 5.32 Å². The summed E-state index contributed by atoms with van der Waals surface area (Å²) in [7, 11) is 0. The highest BCUT2D eigenvalue weighted by molar-refractivity contribution is 7.99. The van der Waals surface area contributed by atoms with E-state index in [1.165, 1.54) is 11.8 Å². The van der Waals surface area contributed by atoms with Gasteiger partial charge >= 0.3 is 18.2 Å². The number of rotatable bonds is 9. The third-order valence-corrected chi connectivity index (χ3v) is 6.35. The molecule has 1 amide bonds. The minimum atomic E-state index is -4.69. The van der Waals surface area contributed by atoms with Gasteiger partial charge in [0.15, 0.2) is 5.60 Å². The number of aliphatic hydroxyl groups is 1. The van der Waals surface area contributed by atoms with Gasteiger partial charge in [-0.3, -0.25) is 0 Å². The number of hydrogen-bond acceptors (Lipinski definition) is 6. The number of thioether (sulfide) groups is 1. The van der Waals surface area contributed by atoms with Crippen LogP contribution in [0.15, 0.2) is 0 Å². The molecule has 0 bridgehead atoms. The van der Waals surface area contributed by atoms with Gasteiger partial charge < -0.3 is 19.9 Å². The quantitative estimate of drug-likeness (QED) is 0.317. The first-order chi connectivity index (χ1) is 14.9. The molecule has 0 aromatic heterocycles. The molecule has 194 valence electrons. The molecule has 1 unspecified atom stereocenters. The van der Waals surface area contributed by atoms with Crippen LogP contribution in [0.4, 0.5) is 18.0 Å². The maximum atomic E-state index is 13.7. The Kier molecular flexibility index (Phi) is 10.9.